The van der Waals surface area contributed by atoms with E-state index < -0.39 is 21.0 Å². The molecule has 0 aliphatic carbocycles. The first-order valence-corrected chi connectivity index (χ1v) is 7.24. The fourth-order valence-electron chi connectivity index (χ4n) is 1.66. The molecule has 0 atom stereocenters. The van der Waals surface area contributed by atoms with E-state index >= 15 is 0 Å². The average Bonchev–Trinajstić information content (AvgIpc) is 2.87. The van der Waals surface area contributed by atoms with Crippen LogP contribution in [0, 0.1) is 0 Å². The maximum atomic E-state index is 13.1. The van der Waals surface area contributed by atoms with E-state index in [1.54, 1.807) is 6.07 Å². The lowest BCUT2D eigenvalue weighted by atomic mass is 10.3. The standard InChI is InChI=1S/C13H12FNO4S/c1-2-9-7-8-11(19-9)13(16)15-10-5-3-4-6-12(10)20(14,17)18/h3-8H,2H2,1H3,(H,15,16). The highest BCUT2D eigenvalue weighted by molar-refractivity contribution is 7.86. The molecule has 0 saturated carbocycles. The van der Waals surface area contributed by atoms with Gasteiger partial charge in [0.15, 0.2) is 5.76 Å². The number of carbonyl (C=O) groups is 1. The largest absolute Gasteiger partial charge is 0.456 e. The summed E-state index contributed by atoms with van der Waals surface area (Å²) in [6.07, 6.45) is 0.628. The van der Waals surface area contributed by atoms with Crippen molar-refractivity contribution in [1.82, 2.24) is 0 Å². The molecule has 1 heterocycles. The Kier molecular flexibility index (Phi) is 3.89. The molecule has 20 heavy (non-hydrogen) atoms. The molecular formula is C13H12FNO4S. The van der Waals surface area contributed by atoms with Gasteiger partial charge in [0.05, 0.1) is 5.69 Å². The molecule has 0 fully saturated rings. The molecule has 1 N–H and O–H groups in total. The molecule has 0 radical (unpaired) electrons. The summed E-state index contributed by atoms with van der Waals surface area (Å²) in [5, 5.41) is 2.32. The second-order valence-corrected chi connectivity index (χ2v) is 5.32. The highest BCUT2D eigenvalue weighted by atomic mass is 32.3. The van der Waals surface area contributed by atoms with Crippen molar-refractivity contribution in [2.24, 2.45) is 0 Å². The smallest absolute Gasteiger partial charge is 0.334 e. The average molecular weight is 297 g/mol. The van der Waals surface area contributed by atoms with E-state index in [9.17, 15) is 17.1 Å². The predicted octanol–water partition coefficient (Wildman–Crippen LogP) is 2.75. The Morgan fingerprint density at radius 1 is 1.25 bits per heavy atom. The van der Waals surface area contributed by atoms with E-state index in [0.29, 0.717) is 12.2 Å². The molecule has 106 valence electrons. The summed E-state index contributed by atoms with van der Waals surface area (Å²) in [4.78, 5) is 11.3. The number of para-hydroxylation sites is 1. The quantitative estimate of drug-likeness (QED) is 0.880. The summed E-state index contributed by atoms with van der Waals surface area (Å²) >= 11 is 0. The SMILES string of the molecule is CCc1ccc(C(=O)Nc2ccccc2S(=O)(=O)F)o1. The first-order chi connectivity index (χ1) is 9.41. The fourth-order valence-corrected chi connectivity index (χ4v) is 2.28. The number of anilines is 1. The summed E-state index contributed by atoms with van der Waals surface area (Å²) in [6, 6.07) is 8.35. The van der Waals surface area contributed by atoms with Crippen molar-refractivity contribution in [3.63, 3.8) is 0 Å². The molecule has 2 rings (SSSR count). The third-order valence-electron chi connectivity index (χ3n) is 2.63. The monoisotopic (exact) mass is 297 g/mol. The first-order valence-electron chi connectivity index (χ1n) is 5.85. The van der Waals surface area contributed by atoms with E-state index in [1.165, 1.54) is 24.3 Å². The highest BCUT2D eigenvalue weighted by Gasteiger charge is 2.19. The van der Waals surface area contributed by atoms with Crippen molar-refractivity contribution in [3.8, 4) is 0 Å². The first kappa shape index (κ1) is 14.3. The Hall–Kier alpha value is -2.15. The number of hydrogen-bond acceptors (Lipinski definition) is 4. The second kappa shape index (κ2) is 5.46. The van der Waals surface area contributed by atoms with Crippen molar-refractivity contribution in [1.29, 1.82) is 0 Å². The number of benzene rings is 1. The summed E-state index contributed by atoms with van der Waals surface area (Å²) < 4.78 is 40.3. The van der Waals surface area contributed by atoms with Crippen molar-refractivity contribution < 1.29 is 21.5 Å². The number of hydrogen-bond donors (Lipinski definition) is 1. The molecule has 0 aliphatic heterocycles. The molecule has 1 aromatic heterocycles. The van der Waals surface area contributed by atoms with Crippen molar-refractivity contribution >= 4 is 21.8 Å². The van der Waals surface area contributed by atoms with Gasteiger partial charge in [0, 0.05) is 6.42 Å². The topological polar surface area (TPSA) is 76.4 Å². The summed E-state index contributed by atoms with van der Waals surface area (Å²) in [6.45, 7) is 1.87. The van der Waals surface area contributed by atoms with Crippen LogP contribution in [0.3, 0.4) is 0 Å². The third-order valence-corrected chi connectivity index (χ3v) is 3.51. The van der Waals surface area contributed by atoms with Gasteiger partial charge in [-0.3, -0.25) is 4.79 Å². The maximum absolute atomic E-state index is 13.1. The molecule has 0 bridgehead atoms. The van der Waals surface area contributed by atoms with E-state index in [2.05, 4.69) is 5.32 Å². The van der Waals surface area contributed by atoms with E-state index in [4.69, 9.17) is 4.42 Å². The zero-order valence-electron chi connectivity index (χ0n) is 10.6. The zero-order chi connectivity index (χ0) is 14.8. The number of amides is 1. The molecule has 0 saturated heterocycles. The Morgan fingerprint density at radius 2 is 1.95 bits per heavy atom. The number of halogens is 1. The van der Waals surface area contributed by atoms with Crippen molar-refractivity contribution in [2.75, 3.05) is 5.32 Å². The lowest BCUT2D eigenvalue weighted by molar-refractivity contribution is 0.0995. The second-order valence-electron chi connectivity index (χ2n) is 4.01. The Balaban J connectivity index is 2.29. The minimum absolute atomic E-state index is 0.0351. The van der Waals surface area contributed by atoms with Crippen LogP contribution in [0.5, 0.6) is 0 Å². The lowest BCUT2D eigenvalue weighted by Gasteiger charge is -2.06. The van der Waals surface area contributed by atoms with Gasteiger partial charge in [-0.15, -0.1) is 3.89 Å². The van der Waals surface area contributed by atoms with Crippen molar-refractivity contribution in [3.05, 3.63) is 47.9 Å². The van der Waals surface area contributed by atoms with E-state index in [0.717, 1.165) is 6.07 Å². The number of furan rings is 1. The molecule has 1 aromatic carbocycles. The van der Waals surface area contributed by atoms with Crippen LogP contribution in [-0.2, 0) is 16.6 Å². The van der Waals surface area contributed by atoms with Crippen LogP contribution in [0.1, 0.15) is 23.2 Å². The molecule has 0 aliphatic rings. The van der Waals surface area contributed by atoms with Crippen LogP contribution < -0.4 is 5.32 Å². The van der Waals surface area contributed by atoms with Crippen LogP contribution in [0.15, 0.2) is 45.7 Å². The predicted molar refractivity (Wildman–Crippen MR) is 70.8 cm³/mol. The minimum atomic E-state index is -4.91. The van der Waals surface area contributed by atoms with Gasteiger partial charge in [-0.05, 0) is 24.3 Å². The maximum Gasteiger partial charge on any atom is 0.334 e. The summed E-state index contributed by atoms with van der Waals surface area (Å²) in [5.74, 6) is 0.0234. The molecule has 7 heteroatoms. The fraction of sp³-hybridized carbons (Fsp3) is 0.154. The third kappa shape index (κ3) is 3.05. The number of rotatable bonds is 4. The van der Waals surface area contributed by atoms with Gasteiger partial charge in [-0.2, -0.15) is 8.42 Å². The molecule has 2 aromatic rings. The Labute approximate surface area is 115 Å². The molecule has 5 nitrogen and oxygen atoms in total. The number of carbonyl (C=O) groups excluding carboxylic acids is 1. The Morgan fingerprint density at radius 3 is 2.55 bits per heavy atom. The molecule has 1 amide bonds. The van der Waals surface area contributed by atoms with E-state index in [-0.39, 0.29) is 11.4 Å². The highest BCUT2D eigenvalue weighted by Crippen LogP contribution is 2.23. The molecule has 0 spiro atoms. The van der Waals surface area contributed by atoms with Gasteiger partial charge >= 0.3 is 10.2 Å². The van der Waals surface area contributed by atoms with Gasteiger partial charge < -0.3 is 9.73 Å². The summed E-state index contributed by atoms with van der Waals surface area (Å²) in [5.41, 5.74) is -0.130. The van der Waals surface area contributed by atoms with Crippen molar-refractivity contribution in [2.45, 2.75) is 18.2 Å². The lowest BCUT2D eigenvalue weighted by Crippen LogP contribution is -2.13. The minimum Gasteiger partial charge on any atom is -0.456 e. The van der Waals surface area contributed by atoms with Gasteiger partial charge in [0.1, 0.15) is 10.7 Å². The molecular weight excluding hydrogens is 285 g/mol. The normalized spacial score (nSPS) is 11.3. The van der Waals surface area contributed by atoms with Crippen LogP contribution >= 0.6 is 0 Å². The van der Waals surface area contributed by atoms with Crippen LogP contribution in [0.4, 0.5) is 9.57 Å². The van der Waals surface area contributed by atoms with Gasteiger partial charge in [-0.1, -0.05) is 19.1 Å². The number of aryl methyl sites for hydroxylation is 1. The van der Waals surface area contributed by atoms with Crippen LogP contribution in [0.2, 0.25) is 0 Å². The van der Waals surface area contributed by atoms with Crippen LogP contribution in [0.25, 0.3) is 0 Å². The zero-order valence-corrected chi connectivity index (χ0v) is 11.4. The van der Waals surface area contributed by atoms with Gasteiger partial charge in [0.2, 0.25) is 0 Å². The van der Waals surface area contributed by atoms with Crippen LogP contribution in [-0.4, -0.2) is 14.3 Å². The van der Waals surface area contributed by atoms with Gasteiger partial charge in [-0.25, -0.2) is 0 Å². The summed E-state index contributed by atoms with van der Waals surface area (Å²) in [7, 11) is -4.91. The Bertz CT molecular complexity index is 736. The van der Waals surface area contributed by atoms with Gasteiger partial charge in [0.25, 0.3) is 5.91 Å². The number of nitrogens with one attached hydrogen (secondary N) is 1. The molecule has 0 unspecified atom stereocenters. The van der Waals surface area contributed by atoms with E-state index in [1.807, 2.05) is 6.92 Å².